The van der Waals surface area contributed by atoms with Crippen molar-refractivity contribution in [2.75, 3.05) is 26.2 Å². The van der Waals surface area contributed by atoms with E-state index in [4.69, 9.17) is 11.6 Å². The van der Waals surface area contributed by atoms with E-state index >= 15 is 0 Å². The monoisotopic (exact) mass is 336 g/mol. The van der Waals surface area contributed by atoms with E-state index in [1.165, 1.54) is 12.1 Å². The van der Waals surface area contributed by atoms with Crippen molar-refractivity contribution < 1.29 is 9.18 Å². The Morgan fingerprint density at radius 1 is 1.43 bits per heavy atom. The van der Waals surface area contributed by atoms with Gasteiger partial charge in [0.2, 0.25) is 0 Å². The average Bonchev–Trinajstić information content (AvgIpc) is 2.97. The fourth-order valence-corrected chi connectivity index (χ4v) is 3.67. The lowest BCUT2D eigenvalue weighted by molar-refractivity contribution is 0.110. The molecule has 0 aromatic heterocycles. The van der Waals surface area contributed by atoms with Gasteiger partial charge in [-0.2, -0.15) is 5.26 Å². The van der Waals surface area contributed by atoms with E-state index in [0.717, 1.165) is 12.8 Å². The molecule has 2 heterocycles. The second-order valence-electron chi connectivity index (χ2n) is 5.88. The van der Waals surface area contributed by atoms with Crippen LogP contribution in [0.5, 0.6) is 0 Å². The quantitative estimate of drug-likeness (QED) is 0.922. The van der Waals surface area contributed by atoms with Crippen molar-refractivity contribution in [1.82, 2.24) is 15.1 Å². The highest BCUT2D eigenvalue weighted by Crippen LogP contribution is 2.32. The summed E-state index contributed by atoms with van der Waals surface area (Å²) in [6.45, 7) is 2.57. The first-order chi connectivity index (χ1) is 11.1. The van der Waals surface area contributed by atoms with Gasteiger partial charge in [-0.15, -0.1) is 0 Å². The Morgan fingerprint density at radius 3 is 2.91 bits per heavy atom. The molecule has 2 aliphatic heterocycles. The first kappa shape index (κ1) is 16.0. The molecule has 0 radical (unpaired) electrons. The first-order valence-electron chi connectivity index (χ1n) is 7.74. The van der Waals surface area contributed by atoms with Crippen LogP contribution in [0.2, 0.25) is 5.02 Å². The second-order valence-corrected chi connectivity index (χ2v) is 6.29. The molecular weight excluding hydrogens is 319 g/mol. The maximum absolute atomic E-state index is 14.2. The zero-order chi connectivity index (χ0) is 16.4. The standard InChI is InChI=1S/C16H18ClFN4O/c17-12-4-1-5-13(18)15(12)14(9-19)21-7-2-3-11(10-21)22-8-6-20-16(22)23/h1,4-5,11,14H,2-3,6-8,10H2,(H,20,23)/t11-,14+/m1/s1. The molecule has 2 aliphatic rings. The minimum atomic E-state index is -0.739. The van der Waals surface area contributed by atoms with Gasteiger partial charge < -0.3 is 10.2 Å². The third kappa shape index (κ3) is 3.12. The molecule has 5 nitrogen and oxygen atoms in total. The number of piperidine rings is 1. The summed E-state index contributed by atoms with van der Waals surface area (Å²) in [5.41, 5.74) is 0.225. The number of nitrogens with zero attached hydrogens (tertiary/aromatic N) is 3. The predicted molar refractivity (Wildman–Crippen MR) is 84.5 cm³/mol. The topological polar surface area (TPSA) is 59.4 Å². The number of rotatable bonds is 3. The Labute approximate surface area is 139 Å². The fraction of sp³-hybridized carbons (Fsp3) is 0.500. The van der Waals surface area contributed by atoms with Gasteiger partial charge >= 0.3 is 6.03 Å². The molecule has 7 heteroatoms. The molecule has 0 aliphatic carbocycles. The molecule has 2 fully saturated rings. The molecule has 122 valence electrons. The summed E-state index contributed by atoms with van der Waals surface area (Å²) in [6, 6.07) is 5.87. The van der Waals surface area contributed by atoms with Crippen LogP contribution in [0.15, 0.2) is 18.2 Å². The van der Waals surface area contributed by atoms with E-state index in [-0.39, 0.29) is 22.7 Å². The molecule has 0 bridgehead atoms. The number of urea groups is 1. The van der Waals surface area contributed by atoms with E-state index in [1.807, 2.05) is 9.80 Å². The molecule has 1 N–H and O–H groups in total. The Balaban J connectivity index is 1.82. The molecule has 1 aromatic rings. The number of halogens is 2. The zero-order valence-electron chi connectivity index (χ0n) is 12.6. The van der Waals surface area contributed by atoms with Crippen molar-refractivity contribution in [3.63, 3.8) is 0 Å². The van der Waals surface area contributed by atoms with E-state index in [2.05, 4.69) is 11.4 Å². The van der Waals surface area contributed by atoms with E-state index in [1.54, 1.807) is 6.07 Å². The van der Waals surface area contributed by atoms with Crippen LogP contribution in [0.1, 0.15) is 24.4 Å². The average molecular weight is 337 g/mol. The highest BCUT2D eigenvalue weighted by molar-refractivity contribution is 6.31. The van der Waals surface area contributed by atoms with Gasteiger partial charge in [-0.05, 0) is 31.5 Å². The number of nitriles is 1. The number of carbonyl (C=O) groups is 1. The van der Waals surface area contributed by atoms with Crippen LogP contribution in [0.25, 0.3) is 0 Å². The molecule has 1 aromatic carbocycles. The third-order valence-electron chi connectivity index (χ3n) is 4.52. The second kappa shape index (κ2) is 6.73. The Morgan fingerprint density at radius 2 is 2.26 bits per heavy atom. The van der Waals surface area contributed by atoms with Crippen LogP contribution < -0.4 is 5.32 Å². The van der Waals surface area contributed by atoms with Gasteiger partial charge in [-0.3, -0.25) is 4.90 Å². The zero-order valence-corrected chi connectivity index (χ0v) is 13.4. The van der Waals surface area contributed by atoms with Crippen LogP contribution in [-0.2, 0) is 0 Å². The Bertz CT molecular complexity index is 627. The van der Waals surface area contributed by atoms with Gasteiger partial charge in [-0.1, -0.05) is 17.7 Å². The highest BCUT2D eigenvalue weighted by atomic mass is 35.5. The minimum absolute atomic E-state index is 0.0487. The summed E-state index contributed by atoms with van der Waals surface area (Å²) in [5.74, 6) is -0.468. The van der Waals surface area contributed by atoms with Gasteiger partial charge in [0.1, 0.15) is 11.9 Å². The molecule has 2 amide bonds. The molecule has 23 heavy (non-hydrogen) atoms. The lowest BCUT2D eigenvalue weighted by Gasteiger charge is -2.39. The first-order valence-corrected chi connectivity index (χ1v) is 8.11. The predicted octanol–water partition coefficient (Wildman–Crippen LogP) is 2.53. The van der Waals surface area contributed by atoms with Crippen LogP contribution in [0.4, 0.5) is 9.18 Å². The third-order valence-corrected chi connectivity index (χ3v) is 4.85. The fourth-order valence-electron chi connectivity index (χ4n) is 3.41. The summed E-state index contributed by atoms with van der Waals surface area (Å²) in [4.78, 5) is 15.6. The van der Waals surface area contributed by atoms with Crippen LogP contribution in [0.3, 0.4) is 0 Å². The van der Waals surface area contributed by atoms with Gasteiger partial charge in [0.15, 0.2) is 0 Å². The van der Waals surface area contributed by atoms with Crippen LogP contribution in [0, 0.1) is 17.1 Å². The molecule has 3 rings (SSSR count). The summed E-state index contributed by atoms with van der Waals surface area (Å²) in [5, 5.41) is 12.6. The van der Waals surface area contributed by atoms with Crippen molar-refractivity contribution in [2.45, 2.75) is 24.9 Å². The van der Waals surface area contributed by atoms with Crippen molar-refractivity contribution >= 4 is 17.6 Å². The molecule has 2 atom stereocenters. The van der Waals surface area contributed by atoms with Gasteiger partial charge in [-0.25, -0.2) is 9.18 Å². The number of nitrogens with one attached hydrogen (secondary N) is 1. The number of hydrogen-bond donors (Lipinski definition) is 1. The molecule has 0 saturated carbocycles. The summed E-state index contributed by atoms with van der Waals surface area (Å²) >= 11 is 6.12. The number of carbonyl (C=O) groups excluding carboxylic acids is 1. The smallest absolute Gasteiger partial charge is 0.317 e. The van der Waals surface area contributed by atoms with Gasteiger partial charge in [0.25, 0.3) is 0 Å². The molecular formula is C16H18ClFN4O. The van der Waals surface area contributed by atoms with Crippen molar-refractivity contribution in [3.8, 4) is 6.07 Å². The van der Waals surface area contributed by atoms with E-state index in [0.29, 0.717) is 26.2 Å². The molecule has 2 saturated heterocycles. The molecule has 0 unspecified atom stereocenters. The Kier molecular flexibility index (Phi) is 4.69. The lowest BCUT2D eigenvalue weighted by atomic mass is 9.99. The van der Waals surface area contributed by atoms with Gasteiger partial charge in [0, 0.05) is 36.3 Å². The maximum Gasteiger partial charge on any atom is 0.317 e. The Hall–Kier alpha value is -1.84. The van der Waals surface area contributed by atoms with Gasteiger partial charge in [0.05, 0.1) is 6.07 Å². The number of hydrogen-bond acceptors (Lipinski definition) is 3. The summed E-state index contributed by atoms with van der Waals surface area (Å²) < 4.78 is 14.2. The van der Waals surface area contributed by atoms with Crippen LogP contribution in [-0.4, -0.2) is 48.1 Å². The summed E-state index contributed by atoms with van der Waals surface area (Å²) in [7, 11) is 0. The SMILES string of the molecule is N#C[C@@H](c1c(F)cccc1Cl)N1CCC[C@@H](N2CCNC2=O)C1. The normalized spacial score (nSPS) is 23.4. The van der Waals surface area contributed by atoms with E-state index < -0.39 is 11.9 Å². The largest absolute Gasteiger partial charge is 0.336 e. The number of benzene rings is 1. The molecule has 0 spiro atoms. The van der Waals surface area contributed by atoms with Crippen molar-refractivity contribution in [1.29, 1.82) is 5.26 Å². The maximum atomic E-state index is 14.2. The minimum Gasteiger partial charge on any atom is -0.336 e. The van der Waals surface area contributed by atoms with Crippen molar-refractivity contribution in [2.24, 2.45) is 0 Å². The number of likely N-dealkylation sites (tertiary alicyclic amines) is 1. The number of amides is 2. The van der Waals surface area contributed by atoms with E-state index in [9.17, 15) is 14.4 Å². The highest BCUT2D eigenvalue weighted by Gasteiger charge is 2.35. The summed E-state index contributed by atoms with van der Waals surface area (Å²) in [6.07, 6.45) is 1.76. The van der Waals surface area contributed by atoms with Crippen LogP contribution >= 0.6 is 11.6 Å². The lowest BCUT2D eigenvalue weighted by Crippen LogP contribution is -2.49. The van der Waals surface area contributed by atoms with Crippen molar-refractivity contribution in [3.05, 3.63) is 34.6 Å².